The Morgan fingerprint density at radius 3 is 3.05 bits per heavy atom. The summed E-state index contributed by atoms with van der Waals surface area (Å²) in [4.78, 5) is 13.3. The van der Waals surface area contributed by atoms with E-state index in [2.05, 4.69) is 40.1 Å². The molecule has 6 nitrogen and oxygen atoms in total. The van der Waals surface area contributed by atoms with E-state index in [-0.39, 0.29) is 6.04 Å². The second-order valence-electron chi connectivity index (χ2n) is 5.31. The van der Waals surface area contributed by atoms with Gasteiger partial charge in [-0.1, -0.05) is 0 Å². The number of thiophene rings is 1. The number of nitrogens with two attached hydrogens (primary N) is 1. The van der Waals surface area contributed by atoms with Gasteiger partial charge in [0.2, 0.25) is 0 Å². The number of hydrogen-bond acceptors (Lipinski definition) is 7. The van der Waals surface area contributed by atoms with Gasteiger partial charge >= 0.3 is 0 Å². The topological polar surface area (TPSA) is 90.9 Å². The van der Waals surface area contributed by atoms with Crippen molar-refractivity contribution in [2.45, 2.75) is 26.4 Å². The molecule has 0 amide bonds. The zero-order valence-electron chi connectivity index (χ0n) is 12.2. The third kappa shape index (κ3) is 2.58. The average molecular weight is 302 g/mol. The zero-order chi connectivity index (χ0) is 15.0. The van der Waals surface area contributed by atoms with E-state index < -0.39 is 0 Å². The van der Waals surface area contributed by atoms with Crippen molar-refractivity contribution in [3.05, 3.63) is 16.3 Å². The highest BCUT2D eigenvalue weighted by Gasteiger charge is 2.23. The van der Waals surface area contributed by atoms with E-state index in [1.54, 1.807) is 11.3 Å². The Morgan fingerprint density at radius 1 is 1.48 bits per heavy atom. The number of nitrogens with one attached hydrogen (secondary N) is 1. The van der Waals surface area contributed by atoms with E-state index >= 15 is 0 Å². The molecule has 1 saturated heterocycles. The van der Waals surface area contributed by atoms with Crippen molar-refractivity contribution >= 4 is 27.4 Å². The highest BCUT2D eigenvalue weighted by molar-refractivity contribution is 7.18. The smallest absolute Gasteiger partial charge is 0.146 e. The molecule has 1 unspecified atom stereocenters. The van der Waals surface area contributed by atoms with Gasteiger partial charge in [-0.05, 0) is 19.4 Å². The normalized spacial score (nSPS) is 19.8. The Balaban J connectivity index is 1.92. The van der Waals surface area contributed by atoms with Crippen LogP contribution in [0.4, 0.5) is 5.82 Å². The van der Waals surface area contributed by atoms with Crippen LogP contribution in [0.15, 0.2) is 0 Å². The summed E-state index contributed by atoms with van der Waals surface area (Å²) in [7, 11) is 0. The molecule has 0 aromatic carbocycles. The number of nitrogen functional groups attached to an aromatic ring is 1. The second-order valence-corrected chi connectivity index (χ2v) is 6.51. The van der Waals surface area contributed by atoms with E-state index in [9.17, 15) is 5.26 Å². The number of piperazine rings is 1. The molecule has 0 aliphatic carbocycles. The number of nitrogens with zero attached hydrogens (tertiary/aromatic N) is 4. The fourth-order valence-electron chi connectivity index (χ4n) is 2.64. The van der Waals surface area contributed by atoms with Gasteiger partial charge < -0.3 is 11.1 Å². The van der Waals surface area contributed by atoms with Gasteiger partial charge in [0.05, 0.1) is 18.0 Å². The SMILES string of the molecule is Cc1sc2nc(CN3CCNCC3C#N)nc(N)c2c1C. The number of aromatic nitrogens is 2. The maximum absolute atomic E-state index is 9.21. The quantitative estimate of drug-likeness (QED) is 0.866. The van der Waals surface area contributed by atoms with Crippen LogP contribution in [-0.4, -0.2) is 40.5 Å². The predicted molar refractivity (Wildman–Crippen MR) is 84.0 cm³/mol. The van der Waals surface area contributed by atoms with Crippen LogP contribution < -0.4 is 11.1 Å². The minimum atomic E-state index is -0.133. The summed E-state index contributed by atoms with van der Waals surface area (Å²) in [6, 6.07) is 2.19. The Morgan fingerprint density at radius 2 is 2.29 bits per heavy atom. The molecule has 7 heteroatoms. The second kappa shape index (κ2) is 5.56. The molecular formula is C14H18N6S. The van der Waals surface area contributed by atoms with E-state index in [1.165, 1.54) is 4.88 Å². The summed E-state index contributed by atoms with van der Waals surface area (Å²) < 4.78 is 0. The van der Waals surface area contributed by atoms with Crippen molar-refractivity contribution in [2.75, 3.05) is 25.4 Å². The van der Waals surface area contributed by atoms with Gasteiger partial charge in [-0.3, -0.25) is 4.90 Å². The van der Waals surface area contributed by atoms with Crippen molar-refractivity contribution in [3.63, 3.8) is 0 Å². The first-order chi connectivity index (χ1) is 10.1. The fraction of sp³-hybridized carbons (Fsp3) is 0.500. The summed E-state index contributed by atoms with van der Waals surface area (Å²) in [5.41, 5.74) is 7.27. The van der Waals surface area contributed by atoms with E-state index in [4.69, 9.17) is 5.73 Å². The van der Waals surface area contributed by atoms with E-state index in [0.717, 1.165) is 28.9 Å². The van der Waals surface area contributed by atoms with Gasteiger partial charge in [-0.15, -0.1) is 11.3 Å². The zero-order valence-corrected chi connectivity index (χ0v) is 13.0. The van der Waals surface area contributed by atoms with Gasteiger partial charge in [0.15, 0.2) is 0 Å². The molecule has 0 spiro atoms. The number of anilines is 1. The molecule has 3 heterocycles. The molecule has 2 aromatic heterocycles. The van der Waals surface area contributed by atoms with Crippen molar-refractivity contribution in [1.29, 1.82) is 5.26 Å². The fourth-order valence-corrected chi connectivity index (χ4v) is 3.70. The first-order valence-electron chi connectivity index (χ1n) is 6.96. The van der Waals surface area contributed by atoms with Gasteiger partial charge in [-0.25, -0.2) is 9.97 Å². The van der Waals surface area contributed by atoms with Crippen LogP contribution in [0, 0.1) is 25.2 Å². The van der Waals surface area contributed by atoms with Crippen molar-refractivity contribution < 1.29 is 0 Å². The average Bonchev–Trinajstić information content (AvgIpc) is 2.75. The number of hydrogen-bond donors (Lipinski definition) is 2. The molecule has 0 radical (unpaired) electrons. The largest absolute Gasteiger partial charge is 0.383 e. The molecule has 0 bridgehead atoms. The third-order valence-electron chi connectivity index (χ3n) is 3.95. The van der Waals surface area contributed by atoms with Crippen molar-refractivity contribution in [1.82, 2.24) is 20.2 Å². The van der Waals surface area contributed by atoms with Gasteiger partial charge in [0.1, 0.15) is 22.5 Å². The molecular weight excluding hydrogens is 284 g/mol. The molecule has 3 N–H and O–H groups in total. The van der Waals surface area contributed by atoms with Gasteiger partial charge in [-0.2, -0.15) is 5.26 Å². The summed E-state index contributed by atoms with van der Waals surface area (Å²) in [5.74, 6) is 1.24. The molecule has 1 aliphatic heterocycles. The van der Waals surface area contributed by atoms with Crippen LogP contribution in [0.25, 0.3) is 10.2 Å². The standard InChI is InChI=1S/C14H18N6S/c1-8-9(2)21-14-12(8)13(16)18-11(19-14)7-20-4-3-17-6-10(20)5-15/h10,17H,3-4,6-7H2,1-2H3,(H2,16,18,19). The molecule has 1 atom stereocenters. The maximum atomic E-state index is 9.21. The monoisotopic (exact) mass is 302 g/mol. The van der Waals surface area contributed by atoms with Crippen LogP contribution in [0.1, 0.15) is 16.3 Å². The first kappa shape index (κ1) is 14.2. The highest BCUT2D eigenvalue weighted by atomic mass is 32.1. The Hall–Kier alpha value is -1.75. The summed E-state index contributed by atoms with van der Waals surface area (Å²) in [6.45, 7) is 7.08. The molecule has 2 aromatic rings. The predicted octanol–water partition coefficient (Wildman–Crippen LogP) is 1.19. The summed E-state index contributed by atoms with van der Waals surface area (Å²) >= 11 is 1.65. The lowest BCUT2D eigenvalue weighted by atomic mass is 10.2. The van der Waals surface area contributed by atoms with Crippen LogP contribution in [0.3, 0.4) is 0 Å². The molecule has 110 valence electrons. The molecule has 3 rings (SSSR count). The Kier molecular flexibility index (Phi) is 3.76. The number of fused-ring (bicyclic) bond motifs is 1. The van der Waals surface area contributed by atoms with Crippen molar-refractivity contribution in [3.8, 4) is 6.07 Å². The highest BCUT2D eigenvalue weighted by Crippen LogP contribution is 2.32. The van der Waals surface area contributed by atoms with Crippen LogP contribution in [0.2, 0.25) is 0 Å². The van der Waals surface area contributed by atoms with Crippen LogP contribution >= 0.6 is 11.3 Å². The van der Waals surface area contributed by atoms with Gasteiger partial charge in [0, 0.05) is 24.5 Å². The maximum Gasteiger partial charge on any atom is 0.146 e. The Bertz CT molecular complexity index is 716. The number of nitriles is 1. The number of rotatable bonds is 2. The van der Waals surface area contributed by atoms with E-state index in [0.29, 0.717) is 24.7 Å². The summed E-state index contributed by atoms with van der Waals surface area (Å²) in [5, 5.41) is 13.4. The minimum Gasteiger partial charge on any atom is -0.383 e. The van der Waals surface area contributed by atoms with Crippen LogP contribution in [0.5, 0.6) is 0 Å². The summed E-state index contributed by atoms with van der Waals surface area (Å²) in [6.07, 6.45) is 0. The number of aryl methyl sites for hydroxylation is 2. The molecule has 1 fully saturated rings. The molecule has 1 aliphatic rings. The lowest BCUT2D eigenvalue weighted by molar-refractivity contribution is 0.185. The molecule has 21 heavy (non-hydrogen) atoms. The van der Waals surface area contributed by atoms with Crippen LogP contribution in [-0.2, 0) is 6.54 Å². The molecule has 0 saturated carbocycles. The van der Waals surface area contributed by atoms with E-state index in [1.807, 2.05) is 0 Å². The third-order valence-corrected chi connectivity index (χ3v) is 5.05. The first-order valence-corrected chi connectivity index (χ1v) is 7.78. The Labute approximate surface area is 127 Å². The minimum absolute atomic E-state index is 0.133. The van der Waals surface area contributed by atoms with Crippen molar-refractivity contribution in [2.24, 2.45) is 0 Å². The van der Waals surface area contributed by atoms with Gasteiger partial charge in [0.25, 0.3) is 0 Å². The lowest BCUT2D eigenvalue weighted by Gasteiger charge is -2.31. The lowest BCUT2D eigenvalue weighted by Crippen LogP contribution is -2.50.